The number of nitrogens with zero attached hydrogens (tertiary/aromatic N) is 1. The third-order valence-corrected chi connectivity index (χ3v) is 1.81. The fraction of sp³-hybridized carbons (Fsp3) is 0.250. The van der Waals surface area contributed by atoms with Gasteiger partial charge in [-0.3, -0.25) is 0 Å². The summed E-state index contributed by atoms with van der Waals surface area (Å²) in [5, 5.41) is 0. The van der Waals surface area contributed by atoms with Gasteiger partial charge in [0, 0.05) is 0 Å². The van der Waals surface area contributed by atoms with Gasteiger partial charge in [0.25, 0.3) is 0 Å². The Hall–Kier alpha value is -1.16. The Kier molecular flexibility index (Phi) is 2.99. The highest BCUT2D eigenvalue weighted by molar-refractivity contribution is 7.61. The zero-order valence-electron chi connectivity index (χ0n) is 6.69. The van der Waals surface area contributed by atoms with Gasteiger partial charge in [0.1, 0.15) is 0 Å². The van der Waals surface area contributed by atoms with E-state index in [1.165, 1.54) is 0 Å². The predicted molar refractivity (Wildman–Crippen MR) is 46.2 cm³/mol. The average molecular weight is 183 g/mol. The second kappa shape index (κ2) is 4.01. The van der Waals surface area contributed by atoms with E-state index in [2.05, 4.69) is 4.36 Å². The summed E-state index contributed by atoms with van der Waals surface area (Å²) in [5.41, 5.74) is 2.06. The lowest BCUT2D eigenvalue weighted by molar-refractivity contribution is 0.620. The minimum atomic E-state index is -2.30. The van der Waals surface area contributed by atoms with Gasteiger partial charge in [-0.15, -0.1) is 0 Å². The van der Waals surface area contributed by atoms with Gasteiger partial charge >= 0.3 is 10.5 Å². The molecule has 0 unspecified atom stereocenters. The largest absolute Gasteiger partial charge is 0.311 e. The molecule has 0 N–H and O–H groups in total. The number of hydrogen-bond acceptors (Lipinski definition) is 3. The van der Waals surface area contributed by atoms with E-state index in [-0.39, 0.29) is 6.54 Å². The smallest absolute Gasteiger partial charge is 0.167 e. The lowest BCUT2D eigenvalue weighted by atomic mass is 10.2. The molecule has 0 amide bonds. The molecule has 0 atom stereocenters. The maximum absolute atomic E-state index is 10.1. The van der Waals surface area contributed by atoms with Crippen molar-refractivity contribution in [1.29, 1.82) is 0 Å². The summed E-state index contributed by atoms with van der Waals surface area (Å²) < 4.78 is 23.5. The normalized spacial score (nSPS) is 9.42. The molecule has 0 aliphatic carbocycles. The second-order valence-electron chi connectivity index (χ2n) is 2.49. The average Bonchev–Trinajstić information content (AvgIpc) is 2.03. The number of benzene rings is 1. The molecule has 4 heteroatoms. The molecule has 0 spiro atoms. The maximum Gasteiger partial charge on any atom is 0.311 e. The molecule has 0 bridgehead atoms. The van der Waals surface area contributed by atoms with Gasteiger partial charge in [-0.25, -0.2) is 0 Å². The van der Waals surface area contributed by atoms with Crippen molar-refractivity contribution in [2.75, 3.05) is 0 Å². The number of rotatable bonds is 2. The molecule has 1 rings (SSSR count). The molecular weight excluding hydrogens is 174 g/mol. The first-order chi connectivity index (χ1) is 5.68. The SMILES string of the molecule is Cc1ccc(CN=S(=O)=O)cc1. The monoisotopic (exact) mass is 183 g/mol. The molecule has 0 saturated heterocycles. The topological polar surface area (TPSA) is 46.5 Å². The van der Waals surface area contributed by atoms with Crippen LogP contribution in [0.25, 0.3) is 0 Å². The van der Waals surface area contributed by atoms with Crippen LogP contribution in [0.15, 0.2) is 28.6 Å². The first kappa shape index (κ1) is 8.93. The van der Waals surface area contributed by atoms with Gasteiger partial charge in [-0.2, -0.15) is 12.8 Å². The zero-order chi connectivity index (χ0) is 8.97. The molecule has 0 aliphatic heterocycles. The van der Waals surface area contributed by atoms with Crippen molar-refractivity contribution >= 4 is 10.5 Å². The number of aryl methyl sites for hydroxylation is 1. The van der Waals surface area contributed by atoms with Crippen molar-refractivity contribution in [3.8, 4) is 0 Å². The minimum absolute atomic E-state index is 0.233. The Morgan fingerprint density at radius 3 is 2.33 bits per heavy atom. The van der Waals surface area contributed by atoms with Gasteiger partial charge in [-0.05, 0) is 12.5 Å². The van der Waals surface area contributed by atoms with Crippen LogP contribution in [0.2, 0.25) is 0 Å². The van der Waals surface area contributed by atoms with Crippen LogP contribution >= 0.6 is 0 Å². The van der Waals surface area contributed by atoms with Crippen LogP contribution in [-0.2, 0) is 17.0 Å². The molecule has 0 saturated carbocycles. The highest BCUT2D eigenvalue weighted by Gasteiger charge is 1.89. The summed E-state index contributed by atoms with van der Waals surface area (Å²) in [7, 11) is -2.30. The van der Waals surface area contributed by atoms with Crippen LogP contribution in [0.4, 0.5) is 0 Å². The zero-order valence-corrected chi connectivity index (χ0v) is 7.50. The first-order valence-corrected chi connectivity index (χ1v) is 4.54. The van der Waals surface area contributed by atoms with E-state index < -0.39 is 10.5 Å². The van der Waals surface area contributed by atoms with Crippen LogP contribution in [0.1, 0.15) is 11.1 Å². The molecule has 12 heavy (non-hydrogen) atoms. The van der Waals surface area contributed by atoms with Gasteiger partial charge in [0.2, 0.25) is 0 Å². The lowest BCUT2D eigenvalue weighted by Crippen LogP contribution is -1.80. The van der Waals surface area contributed by atoms with Crippen molar-refractivity contribution in [2.45, 2.75) is 13.5 Å². The third kappa shape index (κ3) is 2.84. The Morgan fingerprint density at radius 2 is 1.83 bits per heavy atom. The van der Waals surface area contributed by atoms with Crippen LogP contribution in [0.5, 0.6) is 0 Å². The quantitative estimate of drug-likeness (QED) is 0.698. The lowest BCUT2D eigenvalue weighted by Gasteiger charge is -1.94. The van der Waals surface area contributed by atoms with E-state index in [0.717, 1.165) is 11.1 Å². The molecule has 0 heterocycles. The van der Waals surface area contributed by atoms with Gasteiger partial charge in [-0.1, -0.05) is 29.8 Å². The fourth-order valence-electron chi connectivity index (χ4n) is 0.821. The number of hydrogen-bond donors (Lipinski definition) is 0. The third-order valence-electron chi connectivity index (χ3n) is 1.47. The second-order valence-corrected chi connectivity index (χ2v) is 3.18. The fourth-order valence-corrected chi connectivity index (χ4v) is 1.08. The van der Waals surface area contributed by atoms with Crippen molar-refractivity contribution in [3.05, 3.63) is 35.4 Å². The van der Waals surface area contributed by atoms with Crippen LogP contribution in [0, 0.1) is 6.92 Å². The highest BCUT2D eigenvalue weighted by atomic mass is 32.2. The molecule has 0 aliphatic rings. The summed E-state index contributed by atoms with van der Waals surface area (Å²) >= 11 is 0. The summed E-state index contributed by atoms with van der Waals surface area (Å²) in [5.74, 6) is 0. The molecule has 0 fully saturated rings. The molecule has 1 aromatic carbocycles. The Labute approximate surface area is 72.8 Å². The summed E-state index contributed by atoms with van der Waals surface area (Å²) in [4.78, 5) is 0. The van der Waals surface area contributed by atoms with Crippen molar-refractivity contribution in [2.24, 2.45) is 4.36 Å². The molecule has 64 valence electrons. The van der Waals surface area contributed by atoms with Crippen molar-refractivity contribution in [1.82, 2.24) is 0 Å². The molecular formula is C8H9NO2S. The Bertz CT molecular complexity index is 370. The van der Waals surface area contributed by atoms with E-state index >= 15 is 0 Å². The van der Waals surface area contributed by atoms with Crippen molar-refractivity contribution < 1.29 is 8.42 Å². The van der Waals surface area contributed by atoms with Gasteiger partial charge < -0.3 is 0 Å². The summed E-state index contributed by atoms with van der Waals surface area (Å²) in [6.45, 7) is 2.21. The molecule has 1 aromatic rings. The molecule has 3 nitrogen and oxygen atoms in total. The highest BCUT2D eigenvalue weighted by Crippen LogP contribution is 2.03. The minimum Gasteiger partial charge on any atom is -0.167 e. The van der Waals surface area contributed by atoms with Crippen molar-refractivity contribution in [3.63, 3.8) is 0 Å². The van der Waals surface area contributed by atoms with E-state index in [1.54, 1.807) is 0 Å². The van der Waals surface area contributed by atoms with Crippen LogP contribution < -0.4 is 0 Å². The maximum atomic E-state index is 10.1. The van der Waals surface area contributed by atoms with E-state index in [4.69, 9.17) is 0 Å². The van der Waals surface area contributed by atoms with Crippen LogP contribution in [-0.4, -0.2) is 8.42 Å². The predicted octanol–water partition coefficient (Wildman–Crippen LogP) is 1.56. The molecule has 0 aromatic heterocycles. The summed E-state index contributed by atoms with van der Waals surface area (Å²) in [6, 6.07) is 7.59. The van der Waals surface area contributed by atoms with Crippen LogP contribution in [0.3, 0.4) is 0 Å². The van der Waals surface area contributed by atoms with E-state index in [9.17, 15) is 8.42 Å². The standard InChI is InChI=1S/C8H9NO2S/c1-7-2-4-8(5-3-7)6-9-12(10)11/h2-5H,6H2,1H3. The van der Waals surface area contributed by atoms with Gasteiger partial charge in [0.15, 0.2) is 0 Å². The Morgan fingerprint density at radius 1 is 1.25 bits per heavy atom. The van der Waals surface area contributed by atoms with E-state index in [0.29, 0.717) is 0 Å². The Balaban J connectivity index is 2.78. The summed E-state index contributed by atoms with van der Waals surface area (Å²) in [6.07, 6.45) is 0. The molecule has 0 radical (unpaired) electrons. The first-order valence-electron chi connectivity index (χ1n) is 3.51. The van der Waals surface area contributed by atoms with E-state index in [1.807, 2.05) is 31.2 Å². The van der Waals surface area contributed by atoms with Gasteiger partial charge in [0.05, 0.1) is 6.54 Å².